The number of nitrogens with one attached hydrogen (secondary N) is 1. The first kappa shape index (κ1) is 27.4. The highest BCUT2D eigenvalue weighted by Gasteiger charge is 2.34. The number of alkyl halides is 3. The number of amides is 1. The van der Waals surface area contributed by atoms with E-state index in [-0.39, 0.29) is 48.0 Å². The topological polar surface area (TPSA) is 122 Å². The number of rotatable bonds is 9. The number of carboxylic acid groups (broad SMARTS) is 1. The summed E-state index contributed by atoms with van der Waals surface area (Å²) in [6.45, 7) is 0.0777. The molecule has 2 aromatic heterocycles. The van der Waals surface area contributed by atoms with Crippen LogP contribution in [-0.4, -0.2) is 38.2 Å². The van der Waals surface area contributed by atoms with Gasteiger partial charge in [-0.2, -0.15) is 13.2 Å². The van der Waals surface area contributed by atoms with Gasteiger partial charge in [-0.25, -0.2) is 4.98 Å². The van der Waals surface area contributed by atoms with Crippen molar-refractivity contribution in [2.45, 2.75) is 32.0 Å². The number of aromatic nitrogens is 2. The maximum Gasteiger partial charge on any atom is 0.417 e. The predicted octanol–water partition coefficient (Wildman–Crippen LogP) is 4.63. The van der Waals surface area contributed by atoms with Crippen molar-refractivity contribution in [3.63, 3.8) is 0 Å². The van der Waals surface area contributed by atoms with E-state index in [0.717, 1.165) is 17.7 Å². The number of pyridine rings is 2. The van der Waals surface area contributed by atoms with Gasteiger partial charge in [-0.1, -0.05) is 48.5 Å². The summed E-state index contributed by atoms with van der Waals surface area (Å²) in [5.74, 6) is -2.43. The molecular formula is C28H24F3N3O5. The largest absolute Gasteiger partial charge is 0.505 e. The zero-order valence-electron chi connectivity index (χ0n) is 20.5. The number of carbonyl (C=O) groups excluding carboxylic acids is 1. The molecule has 4 rings (SSSR count). The Labute approximate surface area is 220 Å². The molecule has 2 aromatic carbocycles. The average molecular weight is 540 g/mol. The Morgan fingerprint density at radius 3 is 2.38 bits per heavy atom. The maximum absolute atomic E-state index is 13.8. The number of aromatic hydroxyl groups is 1. The van der Waals surface area contributed by atoms with Crippen molar-refractivity contribution in [2.75, 3.05) is 6.54 Å². The molecule has 0 saturated heterocycles. The fourth-order valence-electron chi connectivity index (χ4n) is 4.28. The summed E-state index contributed by atoms with van der Waals surface area (Å²) in [7, 11) is 0. The van der Waals surface area contributed by atoms with Gasteiger partial charge < -0.3 is 20.1 Å². The Balaban J connectivity index is 1.85. The third kappa shape index (κ3) is 6.08. The van der Waals surface area contributed by atoms with Gasteiger partial charge in [-0.05, 0) is 36.1 Å². The molecule has 0 aliphatic rings. The number of hydrogen-bond acceptors (Lipinski definition) is 5. The maximum atomic E-state index is 13.8. The molecule has 0 aliphatic heterocycles. The molecule has 0 bridgehead atoms. The minimum atomic E-state index is -4.74. The van der Waals surface area contributed by atoms with Crippen LogP contribution < -0.4 is 10.9 Å². The van der Waals surface area contributed by atoms with Crippen LogP contribution in [0.2, 0.25) is 0 Å². The summed E-state index contributed by atoms with van der Waals surface area (Å²) in [5.41, 5.74) is -1.75. The zero-order valence-corrected chi connectivity index (χ0v) is 20.5. The lowest BCUT2D eigenvalue weighted by Crippen LogP contribution is -2.27. The Morgan fingerprint density at radius 1 is 1.00 bits per heavy atom. The molecule has 0 radical (unpaired) electrons. The van der Waals surface area contributed by atoms with Gasteiger partial charge in [0.2, 0.25) is 0 Å². The summed E-state index contributed by atoms with van der Waals surface area (Å²) < 4.78 is 42.8. The highest BCUT2D eigenvalue weighted by Crippen LogP contribution is 2.37. The smallest absolute Gasteiger partial charge is 0.417 e. The lowest BCUT2D eigenvalue weighted by atomic mass is 9.98. The Kier molecular flexibility index (Phi) is 7.99. The van der Waals surface area contributed by atoms with Crippen molar-refractivity contribution >= 4 is 22.8 Å². The van der Waals surface area contributed by atoms with E-state index in [1.807, 2.05) is 30.3 Å². The van der Waals surface area contributed by atoms with Gasteiger partial charge in [-0.3, -0.25) is 14.4 Å². The van der Waals surface area contributed by atoms with Crippen LogP contribution in [0.25, 0.3) is 22.0 Å². The lowest BCUT2D eigenvalue weighted by molar-refractivity contribution is -0.138. The van der Waals surface area contributed by atoms with E-state index in [1.165, 1.54) is 29.0 Å². The third-order valence-corrected chi connectivity index (χ3v) is 6.18. The van der Waals surface area contributed by atoms with Gasteiger partial charge >= 0.3 is 12.1 Å². The number of nitrogens with zero attached hydrogens (tertiary/aromatic N) is 2. The molecule has 0 atom stereocenters. The average Bonchev–Trinajstić information content (AvgIpc) is 2.90. The number of halogens is 3. The second-order valence-electron chi connectivity index (χ2n) is 8.80. The number of aliphatic carboxylic acids is 1. The SMILES string of the molecule is O=C(O)CCCNC(=O)c1ncc2c(cc(-c3ccccc3C(F)(F)F)c(=O)n2CCc2ccccc2)c1O. The number of fused-ring (bicyclic) bond motifs is 1. The summed E-state index contributed by atoms with van der Waals surface area (Å²) >= 11 is 0. The predicted molar refractivity (Wildman–Crippen MR) is 137 cm³/mol. The summed E-state index contributed by atoms with van der Waals surface area (Å²) in [6, 6.07) is 15.0. The Bertz CT molecular complexity index is 1580. The number of carbonyl (C=O) groups is 2. The molecule has 2 heterocycles. The van der Waals surface area contributed by atoms with Crippen molar-refractivity contribution in [2.24, 2.45) is 0 Å². The molecule has 202 valence electrons. The summed E-state index contributed by atoms with van der Waals surface area (Å²) in [6.07, 6.45) is -3.19. The molecule has 0 spiro atoms. The lowest BCUT2D eigenvalue weighted by Gasteiger charge is -2.17. The van der Waals surface area contributed by atoms with Gasteiger partial charge in [0.1, 0.15) is 0 Å². The zero-order chi connectivity index (χ0) is 28.2. The fourth-order valence-corrected chi connectivity index (χ4v) is 4.28. The van der Waals surface area contributed by atoms with Crippen LogP contribution in [0.4, 0.5) is 13.2 Å². The van der Waals surface area contributed by atoms with Crippen molar-refractivity contribution in [3.05, 3.63) is 94.0 Å². The molecule has 0 unspecified atom stereocenters. The first-order valence-corrected chi connectivity index (χ1v) is 12.0. The normalized spacial score (nSPS) is 11.5. The molecular weight excluding hydrogens is 515 g/mol. The number of hydrogen-bond donors (Lipinski definition) is 3. The van der Waals surface area contributed by atoms with Crippen molar-refractivity contribution < 1.29 is 33.0 Å². The second kappa shape index (κ2) is 11.4. The van der Waals surface area contributed by atoms with E-state index in [0.29, 0.717) is 6.42 Å². The molecule has 0 fully saturated rings. The first-order chi connectivity index (χ1) is 18.6. The van der Waals surface area contributed by atoms with E-state index in [9.17, 15) is 32.7 Å². The Hall–Kier alpha value is -4.67. The standard InChI is InChI=1S/C28H24F3N3O5/c29-28(30,31)21-10-5-4-9-18(21)19-15-20-22(34(27(19)39)14-12-17-7-2-1-3-8-17)16-33-24(25(20)37)26(38)32-13-6-11-23(35)36/h1-5,7-10,15-16,37H,6,11-14H2,(H,32,38)(H,35,36). The monoisotopic (exact) mass is 539 g/mol. The minimum absolute atomic E-state index is 0.00503. The van der Waals surface area contributed by atoms with E-state index in [4.69, 9.17) is 5.11 Å². The number of carboxylic acids is 1. The van der Waals surface area contributed by atoms with Gasteiger partial charge in [0, 0.05) is 30.5 Å². The van der Waals surface area contributed by atoms with E-state index >= 15 is 0 Å². The molecule has 3 N–H and O–H groups in total. The molecule has 1 amide bonds. The Morgan fingerprint density at radius 2 is 1.69 bits per heavy atom. The molecule has 11 heteroatoms. The number of aryl methyl sites for hydroxylation is 2. The van der Waals surface area contributed by atoms with Gasteiger partial charge in [0.15, 0.2) is 11.4 Å². The minimum Gasteiger partial charge on any atom is -0.505 e. The van der Waals surface area contributed by atoms with Crippen molar-refractivity contribution in [1.82, 2.24) is 14.9 Å². The van der Waals surface area contributed by atoms with Crippen LogP contribution in [0.3, 0.4) is 0 Å². The van der Waals surface area contributed by atoms with E-state index < -0.39 is 40.6 Å². The summed E-state index contributed by atoms with van der Waals surface area (Å²) in [4.78, 5) is 41.0. The molecule has 0 aliphatic carbocycles. The highest BCUT2D eigenvalue weighted by atomic mass is 19.4. The first-order valence-electron chi connectivity index (χ1n) is 12.0. The fraction of sp³-hybridized carbons (Fsp3) is 0.214. The van der Waals surface area contributed by atoms with Gasteiger partial charge in [0.05, 0.1) is 17.3 Å². The second-order valence-corrected chi connectivity index (χ2v) is 8.80. The van der Waals surface area contributed by atoms with Crippen molar-refractivity contribution in [3.8, 4) is 16.9 Å². The van der Waals surface area contributed by atoms with Gasteiger partial charge in [-0.15, -0.1) is 0 Å². The van der Waals surface area contributed by atoms with Crippen LogP contribution >= 0.6 is 0 Å². The number of benzene rings is 2. The molecule has 4 aromatic rings. The molecule has 8 nitrogen and oxygen atoms in total. The molecule has 0 saturated carbocycles. The van der Waals surface area contributed by atoms with Crippen molar-refractivity contribution in [1.29, 1.82) is 0 Å². The summed E-state index contributed by atoms with van der Waals surface area (Å²) in [5, 5.41) is 22.2. The third-order valence-electron chi connectivity index (χ3n) is 6.18. The van der Waals surface area contributed by atoms with Crippen LogP contribution in [-0.2, 0) is 23.9 Å². The van der Waals surface area contributed by atoms with E-state index in [2.05, 4.69) is 10.3 Å². The van der Waals surface area contributed by atoms with Crippen LogP contribution in [0.15, 0.2) is 71.7 Å². The quantitative estimate of drug-likeness (QED) is 0.267. The highest BCUT2D eigenvalue weighted by molar-refractivity contribution is 6.01. The van der Waals surface area contributed by atoms with Gasteiger partial charge in [0.25, 0.3) is 11.5 Å². The van der Waals surface area contributed by atoms with Crippen LogP contribution in [0.5, 0.6) is 5.75 Å². The molecule has 39 heavy (non-hydrogen) atoms. The van der Waals surface area contributed by atoms with E-state index in [1.54, 1.807) is 0 Å². The van der Waals surface area contributed by atoms with Crippen LogP contribution in [0.1, 0.15) is 34.5 Å². The van der Waals surface area contributed by atoms with Crippen LogP contribution in [0, 0.1) is 0 Å².